The molecule has 2 rings (SSSR count). The van der Waals surface area contributed by atoms with Gasteiger partial charge in [0.25, 0.3) is 0 Å². The van der Waals surface area contributed by atoms with E-state index < -0.39 is 5.82 Å². The van der Waals surface area contributed by atoms with Gasteiger partial charge in [0.2, 0.25) is 5.91 Å². The van der Waals surface area contributed by atoms with Gasteiger partial charge >= 0.3 is 0 Å². The Morgan fingerprint density at radius 3 is 2.48 bits per heavy atom. The van der Waals surface area contributed by atoms with Gasteiger partial charge in [0.05, 0.1) is 16.8 Å². The molecule has 1 unspecified atom stereocenters. The summed E-state index contributed by atoms with van der Waals surface area (Å²) < 4.78 is 13.0. The summed E-state index contributed by atoms with van der Waals surface area (Å²) in [4.78, 5) is 14.6. The molecular formula is C16H22ClFN2O. The molecule has 21 heavy (non-hydrogen) atoms. The summed E-state index contributed by atoms with van der Waals surface area (Å²) in [7, 11) is 0. The molecule has 0 spiro atoms. The van der Waals surface area contributed by atoms with E-state index in [9.17, 15) is 9.18 Å². The van der Waals surface area contributed by atoms with Gasteiger partial charge in [-0.25, -0.2) is 4.39 Å². The number of hydrogen-bond donors (Lipinski definition) is 1. The Hall–Kier alpha value is -1.13. The minimum absolute atomic E-state index is 0.0934. The van der Waals surface area contributed by atoms with Crippen molar-refractivity contribution in [2.75, 3.05) is 18.4 Å². The van der Waals surface area contributed by atoms with E-state index in [1.807, 2.05) is 6.92 Å². The zero-order chi connectivity index (χ0) is 15.2. The second kappa shape index (κ2) is 7.76. The van der Waals surface area contributed by atoms with Gasteiger partial charge in [-0.3, -0.25) is 9.69 Å². The lowest BCUT2D eigenvalue weighted by Gasteiger charge is -2.29. The van der Waals surface area contributed by atoms with Crippen LogP contribution in [0.1, 0.15) is 39.0 Å². The fourth-order valence-electron chi connectivity index (χ4n) is 2.65. The third-order valence-electron chi connectivity index (χ3n) is 4.01. The Morgan fingerprint density at radius 2 is 1.86 bits per heavy atom. The Kier molecular flexibility index (Phi) is 6.00. The van der Waals surface area contributed by atoms with Crippen LogP contribution in [-0.4, -0.2) is 29.9 Å². The molecule has 0 radical (unpaired) electrons. The third kappa shape index (κ3) is 4.68. The van der Waals surface area contributed by atoms with Gasteiger partial charge in [0.1, 0.15) is 5.82 Å². The number of carbonyl (C=O) groups is 1. The van der Waals surface area contributed by atoms with Crippen LogP contribution < -0.4 is 5.32 Å². The lowest BCUT2D eigenvalue weighted by molar-refractivity contribution is -0.120. The summed E-state index contributed by atoms with van der Waals surface area (Å²) in [6, 6.07) is 3.79. The monoisotopic (exact) mass is 312 g/mol. The highest BCUT2D eigenvalue weighted by molar-refractivity contribution is 6.33. The molecule has 1 atom stereocenters. The van der Waals surface area contributed by atoms with Crippen molar-refractivity contribution in [1.29, 1.82) is 0 Å². The van der Waals surface area contributed by atoms with E-state index in [1.165, 1.54) is 37.5 Å². The summed E-state index contributed by atoms with van der Waals surface area (Å²) >= 11 is 5.94. The smallest absolute Gasteiger partial charge is 0.241 e. The standard InChI is InChI=1S/C16H22ClFN2O/c1-12(20-9-5-3-2-4-6-10-20)16(21)19-15-8-7-13(18)11-14(15)17/h7-8,11-12H,2-6,9-10H2,1H3,(H,19,21). The highest BCUT2D eigenvalue weighted by Gasteiger charge is 2.22. The normalized spacial score (nSPS) is 18.6. The van der Waals surface area contributed by atoms with E-state index in [-0.39, 0.29) is 17.0 Å². The van der Waals surface area contributed by atoms with Gasteiger partial charge in [0, 0.05) is 0 Å². The number of amides is 1. The van der Waals surface area contributed by atoms with Crippen molar-refractivity contribution in [2.24, 2.45) is 0 Å². The average molecular weight is 313 g/mol. The molecule has 1 heterocycles. The maximum Gasteiger partial charge on any atom is 0.241 e. The van der Waals surface area contributed by atoms with Crippen LogP contribution in [-0.2, 0) is 4.79 Å². The summed E-state index contributed by atoms with van der Waals surface area (Å²) in [5, 5.41) is 3.02. The lowest BCUT2D eigenvalue weighted by Crippen LogP contribution is -2.43. The van der Waals surface area contributed by atoms with Crippen LogP contribution in [0.15, 0.2) is 18.2 Å². The number of anilines is 1. The predicted octanol–water partition coefficient (Wildman–Crippen LogP) is 4.07. The molecule has 1 aliphatic rings. The molecule has 0 bridgehead atoms. The fraction of sp³-hybridized carbons (Fsp3) is 0.562. The van der Waals surface area contributed by atoms with E-state index in [2.05, 4.69) is 10.2 Å². The number of hydrogen-bond acceptors (Lipinski definition) is 2. The van der Waals surface area contributed by atoms with Gasteiger partial charge in [-0.1, -0.05) is 30.9 Å². The van der Waals surface area contributed by atoms with Gasteiger partial charge in [-0.2, -0.15) is 0 Å². The average Bonchev–Trinajstić information content (AvgIpc) is 2.41. The molecule has 1 amide bonds. The minimum Gasteiger partial charge on any atom is -0.323 e. The highest BCUT2D eigenvalue weighted by Crippen LogP contribution is 2.23. The Bertz CT molecular complexity index is 487. The predicted molar refractivity (Wildman–Crippen MR) is 84.2 cm³/mol. The summed E-state index contributed by atoms with van der Waals surface area (Å²) in [5.74, 6) is -0.501. The van der Waals surface area contributed by atoms with Crippen molar-refractivity contribution in [1.82, 2.24) is 4.90 Å². The molecule has 1 aromatic rings. The Morgan fingerprint density at radius 1 is 1.24 bits per heavy atom. The van der Waals surface area contributed by atoms with Crippen molar-refractivity contribution in [3.63, 3.8) is 0 Å². The van der Waals surface area contributed by atoms with Crippen LogP contribution in [0.4, 0.5) is 10.1 Å². The number of halogens is 2. The number of likely N-dealkylation sites (tertiary alicyclic amines) is 1. The van der Waals surface area contributed by atoms with Crippen LogP contribution in [0.25, 0.3) is 0 Å². The van der Waals surface area contributed by atoms with Crippen molar-refractivity contribution in [2.45, 2.75) is 45.1 Å². The van der Waals surface area contributed by atoms with E-state index in [0.29, 0.717) is 5.69 Å². The highest BCUT2D eigenvalue weighted by atomic mass is 35.5. The molecule has 1 N–H and O–H groups in total. The molecule has 1 fully saturated rings. The van der Waals surface area contributed by atoms with Gasteiger partial charge in [0.15, 0.2) is 0 Å². The number of nitrogens with zero attached hydrogens (tertiary/aromatic N) is 1. The fourth-order valence-corrected chi connectivity index (χ4v) is 2.87. The topological polar surface area (TPSA) is 32.3 Å². The first kappa shape index (κ1) is 16.2. The number of carbonyl (C=O) groups excluding carboxylic acids is 1. The summed E-state index contributed by atoms with van der Waals surface area (Å²) in [5.41, 5.74) is 0.460. The largest absolute Gasteiger partial charge is 0.323 e. The minimum atomic E-state index is -0.408. The molecule has 0 aromatic heterocycles. The zero-order valence-corrected chi connectivity index (χ0v) is 13.1. The third-order valence-corrected chi connectivity index (χ3v) is 4.32. The first-order chi connectivity index (χ1) is 10.1. The van der Waals surface area contributed by atoms with E-state index in [0.717, 1.165) is 25.9 Å². The van der Waals surface area contributed by atoms with Crippen LogP contribution in [0.3, 0.4) is 0 Å². The van der Waals surface area contributed by atoms with Crippen LogP contribution in [0, 0.1) is 5.82 Å². The van der Waals surface area contributed by atoms with Crippen LogP contribution in [0.2, 0.25) is 5.02 Å². The second-order valence-corrected chi connectivity index (χ2v) is 6.00. The molecule has 1 aliphatic heterocycles. The maximum atomic E-state index is 13.0. The van der Waals surface area contributed by atoms with Crippen LogP contribution in [0.5, 0.6) is 0 Å². The molecule has 1 saturated heterocycles. The molecule has 0 saturated carbocycles. The van der Waals surface area contributed by atoms with Gasteiger partial charge in [-0.15, -0.1) is 0 Å². The molecular weight excluding hydrogens is 291 g/mol. The maximum absolute atomic E-state index is 13.0. The molecule has 116 valence electrons. The quantitative estimate of drug-likeness (QED) is 0.912. The number of nitrogens with one attached hydrogen (secondary N) is 1. The van der Waals surface area contributed by atoms with E-state index in [4.69, 9.17) is 11.6 Å². The van der Waals surface area contributed by atoms with E-state index in [1.54, 1.807) is 0 Å². The van der Waals surface area contributed by atoms with Crippen molar-refractivity contribution >= 4 is 23.2 Å². The molecule has 1 aromatic carbocycles. The van der Waals surface area contributed by atoms with E-state index >= 15 is 0 Å². The van der Waals surface area contributed by atoms with Gasteiger partial charge < -0.3 is 5.32 Å². The summed E-state index contributed by atoms with van der Waals surface area (Å²) in [6.45, 7) is 3.81. The first-order valence-electron chi connectivity index (χ1n) is 7.58. The Labute approximate surface area is 130 Å². The molecule has 3 nitrogen and oxygen atoms in total. The molecule has 0 aliphatic carbocycles. The van der Waals surface area contributed by atoms with Crippen molar-refractivity contribution in [3.05, 3.63) is 29.0 Å². The zero-order valence-electron chi connectivity index (χ0n) is 12.4. The second-order valence-electron chi connectivity index (χ2n) is 5.59. The SMILES string of the molecule is CC(C(=O)Nc1ccc(F)cc1Cl)N1CCCCCCC1. The Balaban J connectivity index is 1.97. The number of benzene rings is 1. The number of rotatable bonds is 3. The first-order valence-corrected chi connectivity index (χ1v) is 7.95. The van der Waals surface area contributed by atoms with Crippen LogP contribution >= 0.6 is 11.6 Å². The van der Waals surface area contributed by atoms with Crippen molar-refractivity contribution in [3.8, 4) is 0 Å². The van der Waals surface area contributed by atoms with Gasteiger partial charge in [-0.05, 0) is 51.1 Å². The lowest BCUT2D eigenvalue weighted by atomic mass is 10.1. The summed E-state index contributed by atoms with van der Waals surface area (Å²) in [6.07, 6.45) is 6.02. The van der Waals surface area contributed by atoms with Crippen molar-refractivity contribution < 1.29 is 9.18 Å². The molecule has 5 heteroatoms.